The van der Waals surface area contributed by atoms with Crippen molar-refractivity contribution in [2.24, 2.45) is 0 Å². The van der Waals surface area contributed by atoms with Crippen LogP contribution in [0.2, 0.25) is 5.02 Å². The Kier molecular flexibility index (Phi) is 2.50. The number of hydrogen-bond acceptors (Lipinski definition) is 3. The summed E-state index contributed by atoms with van der Waals surface area (Å²) in [5.41, 5.74) is 0.770. The van der Waals surface area contributed by atoms with Crippen molar-refractivity contribution < 1.29 is 4.42 Å². The molecular formula is C8H4ClIN2O. The highest BCUT2D eigenvalue weighted by Gasteiger charge is 2.08. The normalized spacial score (nSPS) is 10.3. The van der Waals surface area contributed by atoms with Crippen molar-refractivity contribution in [3.63, 3.8) is 0 Å². The maximum Gasteiger partial charge on any atom is 0.248 e. The van der Waals surface area contributed by atoms with Crippen LogP contribution in [0, 0.1) is 3.57 Å². The number of rotatable bonds is 1. The summed E-state index contributed by atoms with van der Waals surface area (Å²) in [6, 6.07) is 5.63. The Morgan fingerprint density at radius 3 is 2.92 bits per heavy atom. The van der Waals surface area contributed by atoms with Crippen molar-refractivity contribution in [1.29, 1.82) is 0 Å². The molecule has 0 fully saturated rings. The average Bonchev–Trinajstić information content (AvgIpc) is 2.61. The predicted octanol–water partition coefficient (Wildman–Crippen LogP) is 2.99. The predicted molar refractivity (Wildman–Crippen MR) is 57.5 cm³/mol. The zero-order valence-electron chi connectivity index (χ0n) is 6.37. The van der Waals surface area contributed by atoms with Gasteiger partial charge in [-0.25, -0.2) is 0 Å². The summed E-state index contributed by atoms with van der Waals surface area (Å²) >= 11 is 8.16. The van der Waals surface area contributed by atoms with Crippen LogP contribution in [0.15, 0.2) is 29.0 Å². The van der Waals surface area contributed by atoms with E-state index in [-0.39, 0.29) is 0 Å². The van der Waals surface area contributed by atoms with E-state index >= 15 is 0 Å². The number of nitrogens with zero attached hydrogens (tertiary/aromatic N) is 2. The van der Waals surface area contributed by atoms with Gasteiger partial charge in [-0.2, -0.15) is 0 Å². The highest BCUT2D eigenvalue weighted by Crippen LogP contribution is 2.27. The lowest BCUT2D eigenvalue weighted by molar-refractivity contribution is 0.568. The first kappa shape index (κ1) is 8.96. The van der Waals surface area contributed by atoms with Crippen LogP contribution in [0.3, 0.4) is 0 Å². The minimum Gasteiger partial charge on any atom is -0.423 e. The maximum atomic E-state index is 5.96. The lowest BCUT2D eigenvalue weighted by atomic mass is 10.2. The fraction of sp³-hybridized carbons (Fsp3) is 0. The molecule has 0 saturated carbocycles. The molecule has 0 aliphatic rings. The van der Waals surface area contributed by atoms with E-state index in [0.29, 0.717) is 10.9 Å². The summed E-state index contributed by atoms with van der Waals surface area (Å²) in [5.74, 6) is 0.448. The SMILES string of the molecule is Clc1ccc(I)cc1-c1nnco1. The summed E-state index contributed by atoms with van der Waals surface area (Å²) in [5, 5.41) is 7.99. The summed E-state index contributed by atoms with van der Waals surface area (Å²) in [6.07, 6.45) is 1.28. The number of halogens is 2. The highest BCUT2D eigenvalue weighted by molar-refractivity contribution is 14.1. The molecule has 3 nitrogen and oxygen atoms in total. The number of hydrogen-bond donors (Lipinski definition) is 0. The molecule has 2 aromatic rings. The van der Waals surface area contributed by atoms with E-state index in [1.807, 2.05) is 18.2 Å². The van der Waals surface area contributed by atoms with E-state index in [1.54, 1.807) is 0 Å². The Morgan fingerprint density at radius 2 is 2.23 bits per heavy atom. The quantitative estimate of drug-likeness (QED) is 0.760. The fourth-order valence-corrected chi connectivity index (χ4v) is 1.64. The molecule has 5 heteroatoms. The smallest absolute Gasteiger partial charge is 0.248 e. The topological polar surface area (TPSA) is 38.9 Å². The molecule has 0 atom stereocenters. The fourth-order valence-electron chi connectivity index (χ4n) is 0.952. The molecule has 1 heterocycles. The Balaban J connectivity index is 2.57. The number of aromatic nitrogens is 2. The van der Waals surface area contributed by atoms with Gasteiger partial charge in [0, 0.05) is 3.57 Å². The van der Waals surface area contributed by atoms with Crippen molar-refractivity contribution >= 4 is 34.2 Å². The minimum absolute atomic E-state index is 0.448. The molecule has 1 aromatic carbocycles. The molecule has 0 radical (unpaired) electrons. The molecule has 0 N–H and O–H groups in total. The van der Waals surface area contributed by atoms with E-state index in [2.05, 4.69) is 32.8 Å². The lowest BCUT2D eigenvalue weighted by Crippen LogP contribution is -1.81. The van der Waals surface area contributed by atoms with Gasteiger partial charge in [0.15, 0.2) is 0 Å². The second-order valence-corrected chi connectivity index (χ2v) is 4.02. The third kappa shape index (κ3) is 1.83. The second-order valence-electron chi connectivity index (χ2n) is 2.37. The molecule has 66 valence electrons. The molecule has 0 amide bonds. The molecule has 0 bridgehead atoms. The van der Waals surface area contributed by atoms with Crippen molar-refractivity contribution in [3.05, 3.63) is 33.2 Å². The van der Waals surface area contributed by atoms with Crippen LogP contribution in [0.1, 0.15) is 0 Å². The van der Waals surface area contributed by atoms with Gasteiger partial charge in [0.2, 0.25) is 12.3 Å². The zero-order chi connectivity index (χ0) is 9.26. The van der Waals surface area contributed by atoms with Crippen LogP contribution in [0.25, 0.3) is 11.5 Å². The first-order valence-electron chi connectivity index (χ1n) is 3.49. The van der Waals surface area contributed by atoms with Crippen molar-refractivity contribution in [2.45, 2.75) is 0 Å². The van der Waals surface area contributed by atoms with Crippen molar-refractivity contribution in [1.82, 2.24) is 10.2 Å². The van der Waals surface area contributed by atoms with E-state index in [0.717, 1.165) is 9.13 Å². The van der Waals surface area contributed by atoms with Gasteiger partial charge >= 0.3 is 0 Å². The molecule has 0 aliphatic carbocycles. The monoisotopic (exact) mass is 306 g/mol. The summed E-state index contributed by atoms with van der Waals surface area (Å²) < 4.78 is 6.12. The van der Waals surface area contributed by atoms with E-state index < -0.39 is 0 Å². The summed E-state index contributed by atoms with van der Waals surface area (Å²) in [7, 11) is 0. The van der Waals surface area contributed by atoms with Gasteiger partial charge in [-0.15, -0.1) is 10.2 Å². The molecule has 1 aromatic heterocycles. The third-order valence-corrected chi connectivity index (χ3v) is 2.52. The summed E-state index contributed by atoms with van der Waals surface area (Å²) in [4.78, 5) is 0. The Labute approximate surface area is 93.3 Å². The Morgan fingerprint density at radius 1 is 1.38 bits per heavy atom. The first-order chi connectivity index (χ1) is 6.27. The van der Waals surface area contributed by atoms with Crippen LogP contribution >= 0.6 is 34.2 Å². The second kappa shape index (κ2) is 3.63. The van der Waals surface area contributed by atoms with Crippen LogP contribution in [0.4, 0.5) is 0 Å². The largest absolute Gasteiger partial charge is 0.423 e. The van der Waals surface area contributed by atoms with E-state index in [4.69, 9.17) is 16.0 Å². The maximum absolute atomic E-state index is 5.96. The van der Waals surface area contributed by atoms with Crippen LogP contribution in [-0.4, -0.2) is 10.2 Å². The van der Waals surface area contributed by atoms with E-state index in [9.17, 15) is 0 Å². The first-order valence-corrected chi connectivity index (χ1v) is 4.94. The van der Waals surface area contributed by atoms with Crippen LogP contribution < -0.4 is 0 Å². The lowest BCUT2D eigenvalue weighted by Gasteiger charge is -1.98. The minimum atomic E-state index is 0.448. The van der Waals surface area contributed by atoms with Gasteiger partial charge < -0.3 is 4.42 Å². The molecule has 0 spiro atoms. The zero-order valence-corrected chi connectivity index (χ0v) is 9.28. The molecule has 2 rings (SSSR count). The molecule has 0 aliphatic heterocycles. The van der Waals surface area contributed by atoms with Gasteiger partial charge in [0.25, 0.3) is 0 Å². The molecular weight excluding hydrogens is 302 g/mol. The van der Waals surface area contributed by atoms with Gasteiger partial charge in [-0.3, -0.25) is 0 Å². The van der Waals surface area contributed by atoms with Crippen LogP contribution in [0.5, 0.6) is 0 Å². The standard InChI is InChI=1S/C8H4ClIN2O/c9-7-2-1-5(10)3-6(7)8-12-11-4-13-8/h1-4H. The van der Waals surface area contributed by atoms with Gasteiger partial charge in [-0.05, 0) is 40.8 Å². The molecule has 13 heavy (non-hydrogen) atoms. The van der Waals surface area contributed by atoms with Crippen molar-refractivity contribution in [2.75, 3.05) is 0 Å². The Bertz CT molecular complexity index is 416. The summed E-state index contributed by atoms with van der Waals surface area (Å²) in [6.45, 7) is 0. The van der Waals surface area contributed by atoms with E-state index in [1.165, 1.54) is 6.39 Å². The number of benzene rings is 1. The van der Waals surface area contributed by atoms with Crippen LogP contribution in [-0.2, 0) is 0 Å². The molecule has 0 saturated heterocycles. The highest BCUT2D eigenvalue weighted by atomic mass is 127. The van der Waals surface area contributed by atoms with Gasteiger partial charge in [0.1, 0.15) is 0 Å². The average molecular weight is 306 g/mol. The third-order valence-electron chi connectivity index (χ3n) is 1.52. The van der Waals surface area contributed by atoms with Gasteiger partial charge in [-0.1, -0.05) is 11.6 Å². The Hall–Kier alpha value is -0.620. The van der Waals surface area contributed by atoms with Crippen molar-refractivity contribution in [3.8, 4) is 11.5 Å². The molecule has 0 unspecified atom stereocenters. The van der Waals surface area contributed by atoms with Gasteiger partial charge in [0.05, 0.1) is 10.6 Å².